The van der Waals surface area contributed by atoms with Gasteiger partial charge in [-0.3, -0.25) is 4.90 Å². The number of likely N-dealkylation sites (N-methyl/N-ethyl adjacent to an activating group) is 2. The summed E-state index contributed by atoms with van der Waals surface area (Å²) < 4.78 is 0. The van der Waals surface area contributed by atoms with Crippen molar-refractivity contribution in [3.63, 3.8) is 0 Å². The molecule has 25 heavy (non-hydrogen) atoms. The van der Waals surface area contributed by atoms with Gasteiger partial charge in [0.05, 0.1) is 0 Å². The number of piperidine rings is 1. The van der Waals surface area contributed by atoms with E-state index in [4.69, 9.17) is 0 Å². The van der Waals surface area contributed by atoms with Gasteiger partial charge in [-0.1, -0.05) is 30.3 Å². The minimum Gasteiger partial charge on any atom is -0.338 e. The van der Waals surface area contributed by atoms with Crippen LogP contribution in [0.2, 0.25) is 0 Å². The summed E-state index contributed by atoms with van der Waals surface area (Å²) in [5.74, 6) is 0.607. The van der Waals surface area contributed by atoms with E-state index >= 15 is 0 Å². The average Bonchev–Trinajstić information content (AvgIpc) is 3.07. The van der Waals surface area contributed by atoms with Crippen molar-refractivity contribution in [2.75, 3.05) is 46.8 Å². The number of amides is 2. The number of urea groups is 1. The molecule has 2 saturated heterocycles. The van der Waals surface area contributed by atoms with Gasteiger partial charge < -0.3 is 15.1 Å². The minimum absolute atomic E-state index is 0.0898. The lowest BCUT2D eigenvalue weighted by atomic mass is 9.96. The van der Waals surface area contributed by atoms with Gasteiger partial charge in [0.25, 0.3) is 0 Å². The molecule has 1 aromatic carbocycles. The number of hydrogen-bond acceptors (Lipinski definition) is 3. The first kappa shape index (κ1) is 18.2. The zero-order valence-electron chi connectivity index (χ0n) is 15.7. The van der Waals surface area contributed by atoms with Crippen molar-refractivity contribution in [3.05, 3.63) is 35.9 Å². The van der Waals surface area contributed by atoms with Crippen molar-refractivity contribution < 1.29 is 4.79 Å². The summed E-state index contributed by atoms with van der Waals surface area (Å²) in [5, 5.41) is 3.16. The highest BCUT2D eigenvalue weighted by Gasteiger charge is 2.27. The Kier molecular flexibility index (Phi) is 6.32. The summed E-state index contributed by atoms with van der Waals surface area (Å²) in [6.45, 7) is 6.17. The Balaban J connectivity index is 1.35. The molecule has 0 bridgehead atoms. The maximum absolute atomic E-state index is 12.4. The molecule has 2 amide bonds. The topological polar surface area (TPSA) is 38.8 Å². The Morgan fingerprint density at radius 2 is 1.88 bits per heavy atom. The van der Waals surface area contributed by atoms with Crippen molar-refractivity contribution >= 4 is 6.03 Å². The molecule has 1 aromatic rings. The quantitative estimate of drug-likeness (QED) is 0.890. The highest BCUT2D eigenvalue weighted by atomic mass is 16.2. The number of benzene rings is 1. The number of hydrogen-bond donors (Lipinski definition) is 1. The van der Waals surface area contributed by atoms with E-state index in [0.29, 0.717) is 12.0 Å². The lowest BCUT2D eigenvalue weighted by Crippen LogP contribution is -2.46. The average molecular weight is 345 g/mol. The molecule has 2 aliphatic rings. The molecule has 2 aliphatic heterocycles. The van der Waals surface area contributed by atoms with Gasteiger partial charge in [0.2, 0.25) is 0 Å². The Bertz CT molecular complexity index is 542. The van der Waals surface area contributed by atoms with Gasteiger partial charge in [-0.15, -0.1) is 0 Å². The van der Waals surface area contributed by atoms with Crippen LogP contribution in [0.4, 0.5) is 4.79 Å². The van der Waals surface area contributed by atoms with E-state index in [-0.39, 0.29) is 6.03 Å². The summed E-state index contributed by atoms with van der Waals surface area (Å²) in [5.41, 5.74) is 1.39. The van der Waals surface area contributed by atoms with E-state index in [9.17, 15) is 4.79 Å². The Hall–Kier alpha value is -1.59. The number of likely N-dealkylation sites (tertiary alicyclic amines) is 2. The number of carbonyl (C=O) groups excluding carboxylic acids is 1. The maximum Gasteiger partial charge on any atom is 0.317 e. The molecule has 3 rings (SSSR count). The molecule has 0 aromatic heterocycles. The van der Waals surface area contributed by atoms with E-state index < -0.39 is 0 Å². The normalized spacial score (nSPS) is 22.9. The summed E-state index contributed by atoms with van der Waals surface area (Å²) in [7, 11) is 4.05. The largest absolute Gasteiger partial charge is 0.338 e. The van der Waals surface area contributed by atoms with Crippen LogP contribution in [0.1, 0.15) is 24.8 Å². The molecule has 1 atom stereocenters. The van der Waals surface area contributed by atoms with Crippen LogP contribution >= 0.6 is 0 Å². The molecule has 1 N–H and O–H groups in total. The number of nitrogens with zero attached hydrogens (tertiary/aromatic N) is 3. The first-order chi connectivity index (χ1) is 12.1. The van der Waals surface area contributed by atoms with Crippen LogP contribution in [0.3, 0.4) is 0 Å². The predicted octanol–water partition coefficient (Wildman–Crippen LogP) is 2.24. The smallest absolute Gasteiger partial charge is 0.317 e. The first-order valence-corrected chi connectivity index (χ1v) is 9.57. The summed E-state index contributed by atoms with van der Waals surface area (Å²) in [6.07, 6.45) is 3.42. The molecular weight excluding hydrogens is 312 g/mol. The number of nitrogens with one attached hydrogen (secondary N) is 1. The highest BCUT2D eigenvalue weighted by molar-refractivity contribution is 5.74. The molecule has 5 nitrogen and oxygen atoms in total. The van der Waals surface area contributed by atoms with Crippen LogP contribution in [0.25, 0.3) is 0 Å². The van der Waals surface area contributed by atoms with E-state index in [0.717, 1.165) is 45.7 Å². The zero-order valence-corrected chi connectivity index (χ0v) is 15.7. The van der Waals surface area contributed by atoms with Crippen LogP contribution in [0.5, 0.6) is 0 Å². The van der Waals surface area contributed by atoms with Crippen molar-refractivity contribution in [1.29, 1.82) is 0 Å². The molecule has 0 aliphatic carbocycles. The molecular formula is C20H32N4O. The summed E-state index contributed by atoms with van der Waals surface area (Å²) in [4.78, 5) is 19.1. The predicted molar refractivity (Wildman–Crippen MR) is 102 cm³/mol. The highest BCUT2D eigenvalue weighted by Crippen LogP contribution is 2.19. The van der Waals surface area contributed by atoms with E-state index in [1.165, 1.54) is 18.4 Å². The second kappa shape index (κ2) is 8.68. The lowest BCUT2D eigenvalue weighted by Gasteiger charge is -2.32. The fourth-order valence-corrected chi connectivity index (χ4v) is 3.94. The van der Waals surface area contributed by atoms with Gasteiger partial charge in [-0.05, 0) is 57.4 Å². The Morgan fingerprint density at radius 3 is 2.52 bits per heavy atom. The van der Waals surface area contributed by atoms with Crippen LogP contribution in [-0.4, -0.2) is 73.6 Å². The Morgan fingerprint density at radius 1 is 1.16 bits per heavy atom. The molecule has 0 unspecified atom stereocenters. The molecule has 2 fully saturated rings. The number of carbonyl (C=O) groups is 1. The van der Waals surface area contributed by atoms with Gasteiger partial charge in [-0.2, -0.15) is 0 Å². The van der Waals surface area contributed by atoms with E-state index in [1.807, 2.05) is 11.9 Å². The van der Waals surface area contributed by atoms with E-state index in [2.05, 4.69) is 52.5 Å². The Labute approximate surface area is 152 Å². The molecule has 0 spiro atoms. The van der Waals surface area contributed by atoms with Crippen molar-refractivity contribution in [3.8, 4) is 0 Å². The standard InChI is InChI=1S/C20H32N4O/c1-22-11-10-19(16-22)23(2)20(25)21-14-17-8-12-24(13-9-17)15-18-6-4-3-5-7-18/h3-7,17,19H,8-16H2,1-2H3,(H,21,25)/t19-/m1/s1. The SMILES string of the molecule is CN1CC[C@@H](N(C)C(=O)NCC2CCN(Cc3ccccc3)CC2)C1. The van der Waals surface area contributed by atoms with Crippen molar-refractivity contribution in [2.45, 2.75) is 31.8 Å². The fourth-order valence-electron chi connectivity index (χ4n) is 3.94. The van der Waals surface area contributed by atoms with Crippen LogP contribution in [0, 0.1) is 5.92 Å². The fraction of sp³-hybridized carbons (Fsp3) is 0.650. The van der Waals surface area contributed by atoms with Gasteiger partial charge in [-0.25, -0.2) is 4.79 Å². The van der Waals surface area contributed by atoms with Crippen LogP contribution in [0.15, 0.2) is 30.3 Å². The maximum atomic E-state index is 12.4. The summed E-state index contributed by atoms with van der Waals surface area (Å²) >= 11 is 0. The third kappa shape index (κ3) is 5.19. The van der Waals surface area contributed by atoms with Gasteiger partial charge in [0.15, 0.2) is 0 Å². The summed E-state index contributed by atoms with van der Waals surface area (Å²) in [6, 6.07) is 11.1. The first-order valence-electron chi connectivity index (χ1n) is 9.57. The van der Waals surface area contributed by atoms with Crippen molar-refractivity contribution in [2.24, 2.45) is 5.92 Å². The number of rotatable bonds is 5. The second-order valence-corrected chi connectivity index (χ2v) is 7.71. The molecule has 0 saturated carbocycles. The van der Waals surface area contributed by atoms with Crippen LogP contribution in [-0.2, 0) is 6.54 Å². The third-order valence-electron chi connectivity index (χ3n) is 5.73. The molecule has 5 heteroatoms. The zero-order chi connectivity index (χ0) is 17.6. The second-order valence-electron chi connectivity index (χ2n) is 7.71. The molecule has 138 valence electrons. The van der Waals surface area contributed by atoms with Gasteiger partial charge in [0.1, 0.15) is 0 Å². The third-order valence-corrected chi connectivity index (χ3v) is 5.73. The monoisotopic (exact) mass is 344 g/mol. The van der Waals surface area contributed by atoms with Gasteiger partial charge >= 0.3 is 6.03 Å². The minimum atomic E-state index is 0.0898. The lowest BCUT2D eigenvalue weighted by molar-refractivity contribution is 0.166. The van der Waals surface area contributed by atoms with Crippen LogP contribution < -0.4 is 5.32 Å². The van der Waals surface area contributed by atoms with E-state index in [1.54, 1.807) is 0 Å². The van der Waals surface area contributed by atoms with Crippen molar-refractivity contribution in [1.82, 2.24) is 20.0 Å². The molecule has 2 heterocycles. The van der Waals surface area contributed by atoms with Gasteiger partial charge in [0, 0.05) is 32.7 Å². The molecule has 0 radical (unpaired) electrons.